The molecule has 0 amide bonds. The fraction of sp³-hybridized carbons (Fsp3) is 0.300. The summed E-state index contributed by atoms with van der Waals surface area (Å²) in [5, 5.41) is 7.75. The van der Waals surface area contributed by atoms with E-state index in [4.69, 9.17) is 16.7 Å². The summed E-state index contributed by atoms with van der Waals surface area (Å²) in [7, 11) is -3.96. The smallest absolute Gasteiger partial charge is 0.273 e. The zero-order valence-electron chi connectivity index (χ0n) is 9.40. The lowest BCUT2D eigenvalue weighted by molar-refractivity contribution is 0.0481. The standard InChI is InChI=1S/C10H8ClF3O3S2/c1-19(16,17)5-3-2-4(10(15)18)7(11)6(5)8(12)9(13)14/h2-3,8-9H,1H3,(H,15,18). The molecule has 0 radical (unpaired) electrons. The van der Waals surface area contributed by atoms with E-state index >= 15 is 0 Å². The molecule has 0 fully saturated rings. The van der Waals surface area contributed by atoms with Gasteiger partial charge >= 0.3 is 0 Å². The summed E-state index contributed by atoms with van der Waals surface area (Å²) in [4.78, 5) is -0.662. The van der Waals surface area contributed by atoms with Crippen molar-refractivity contribution in [3.05, 3.63) is 28.3 Å². The van der Waals surface area contributed by atoms with E-state index in [2.05, 4.69) is 12.2 Å². The molecule has 3 nitrogen and oxygen atoms in total. The SMILES string of the molecule is CS(=O)(=O)c1ccc(C(O)=S)c(Cl)c1C(F)C(F)F. The Balaban J connectivity index is 3.70. The van der Waals surface area contributed by atoms with Gasteiger partial charge in [-0.05, 0) is 24.4 Å². The molecule has 0 saturated heterocycles. The molecule has 0 saturated carbocycles. The van der Waals surface area contributed by atoms with E-state index in [9.17, 15) is 21.6 Å². The molecule has 1 aromatic carbocycles. The van der Waals surface area contributed by atoms with Crippen LogP contribution in [0.4, 0.5) is 13.2 Å². The van der Waals surface area contributed by atoms with E-state index in [0.29, 0.717) is 0 Å². The van der Waals surface area contributed by atoms with E-state index in [1.165, 1.54) is 0 Å². The van der Waals surface area contributed by atoms with Crippen molar-refractivity contribution in [2.75, 3.05) is 6.26 Å². The summed E-state index contributed by atoms with van der Waals surface area (Å²) in [6.07, 6.45) is -5.62. The third-order valence-electron chi connectivity index (χ3n) is 2.27. The molecule has 19 heavy (non-hydrogen) atoms. The molecule has 0 aliphatic heterocycles. The van der Waals surface area contributed by atoms with Crippen LogP contribution in [0.2, 0.25) is 5.02 Å². The van der Waals surface area contributed by atoms with E-state index in [-0.39, 0.29) is 5.56 Å². The molecule has 1 N–H and O–H groups in total. The number of benzene rings is 1. The number of thiocarbonyl (C=S) groups is 1. The highest BCUT2D eigenvalue weighted by atomic mass is 35.5. The number of sulfone groups is 1. The number of halogens is 4. The van der Waals surface area contributed by atoms with Gasteiger partial charge in [0.05, 0.1) is 9.92 Å². The van der Waals surface area contributed by atoms with Crippen LogP contribution in [-0.2, 0) is 9.84 Å². The van der Waals surface area contributed by atoms with Crippen LogP contribution in [0.5, 0.6) is 0 Å². The molecule has 1 aromatic rings. The Morgan fingerprint density at radius 1 is 1.37 bits per heavy atom. The molecule has 1 atom stereocenters. The van der Waals surface area contributed by atoms with Gasteiger partial charge in [-0.1, -0.05) is 11.6 Å². The average molecular weight is 333 g/mol. The number of aliphatic hydroxyl groups is 1. The molecule has 106 valence electrons. The van der Waals surface area contributed by atoms with Gasteiger partial charge in [-0.15, -0.1) is 0 Å². The lowest BCUT2D eigenvalue weighted by Gasteiger charge is -2.16. The topological polar surface area (TPSA) is 54.4 Å². The van der Waals surface area contributed by atoms with Crippen LogP contribution in [0, 0.1) is 0 Å². The Kier molecular flexibility index (Phi) is 4.81. The Bertz CT molecular complexity index is 617. The van der Waals surface area contributed by atoms with Crippen molar-refractivity contribution in [1.29, 1.82) is 0 Å². The molecular formula is C10H8ClF3O3S2. The van der Waals surface area contributed by atoms with Gasteiger partial charge in [0.2, 0.25) is 0 Å². The monoisotopic (exact) mass is 332 g/mol. The number of hydrogen-bond donors (Lipinski definition) is 1. The van der Waals surface area contributed by atoms with Gasteiger partial charge in [0.15, 0.2) is 21.1 Å². The summed E-state index contributed by atoms with van der Waals surface area (Å²) < 4.78 is 61.4. The first kappa shape index (κ1) is 16.2. The normalized spacial score (nSPS) is 13.6. The highest BCUT2D eigenvalue weighted by molar-refractivity contribution is 7.90. The minimum absolute atomic E-state index is 0.276. The average Bonchev–Trinajstić information content (AvgIpc) is 2.25. The highest BCUT2D eigenvalue weighted by Gasteiger charge is 2.31. The van der Waals surface area contributed by atoms with Gasteiger partial charge in [-0.25, -0.2) is 21.6 Å². The summed E-state index contributed by atoms with van der Waals surface area (Å²) >= 11 is 10.1. The van der Waals surface area contributed by atoms with E-state index in [1.54, 1.807) is 0 Å². The maximum absolute atomic E-state index is 13.5. The fourth-order valence-electron chi connectivity index (χ4n) is 1.45. The van der Waals surface area contributed by atoms with Crippen molar-refractivity contribution in [3.8, 4) is 0 Å². The number of hydrogen-bond acceptors (Lipinski definition) is 3. The third kappa shape index (κ3) is 3.37. The lowest BCUT2D eigenvalue weighted by atomic mass is 10.1. The number of aliphatic hydroxyl groups excluding tert-OH is 1. The molecule has 0 spiro atoms. The van der Waals surface area contributed by atoms with Crippen LogP contribution >= 0.6 is 23.8 Å². The molecule has 0 heterocycles. The first-order valence-corrected chi connectivity index (χ1v) is 7.43. The molecule has 1 rings (SSSR count). The first-order valence-electron chi connectivity index (χ1n) is 4.75. The van der Waals surface area contributed by atoms with Crippen LogP contribution in [0.25, 0.3) is 0 Å². The number of alkyl halides is 3. The molecule has 9 heteroatoms. The van der Waals surface area contributed by atoms with Gasteiger partial charge in [0.1, 0.15) is 0 Å². The Labute approximate surface area is 117 Å². The molecule has 0 bridgehead atoms. The highest BCUT2D eigenvalue weighted by Crippen LogP contribution is 2.37. The van der Waals surface area contributed by atoms with Crippen molar-refractivity contribution in [2.24, 2.45) is 0 Å². The lowest BCUT2D eigenvalue weighted by Crippen LogP contribution is -2.13. The maximum atomic E-state index is 13.5. The fourth-order valence-corrected chi connectivity index (χ4v) is 3.02. The minimum atomic E-state index is -3.96. The third-order valence-corrected chi connectivity index (χ3v) is 4.05. The van der Waals surface area contributed by atoms with Crippen molar-refractivity contribution in [3.63, 3.8) is 0 Å². The summed E-state index contributed by atoms with van der Waals surface area (Å²) in [6, 6.07) is 1.91. The van der Waals surface area contributed by atoms with E-state index < -0.39 is 43.0 Å². The van der Waals surface area contributed by atoms with Crippen molar-refractivity contribution < 1.29 is 26.7 Å². The second-order valence-corrected chi connectivity index (χ2v) is 6.40. The van der Waals surface area contributed by atoms with Crippen LogP contribution in [-0.4, -0.2) is 31.3 Å². The second kappa shape index (κ2) is 5.64. The second-order valence-electron chi connectivity index (χ2n) is 3.65. The zero-order valence-corrected chi connectivity index (χ0v) is 11.8. The van der Waals surface area contributed by atoms with Crippen LogP contribution in [0.3, 0.4) is 0 Å². The minimum Gasteiger partial charge on any atom is -0.498 e. The quantitative estimate of drug-likeness (QED) is 0.860. The van der Waals surface area contributed by atoms with E-state index in [1.807, 2.05) is 0 Å². The molecule has 0 aliphatic carbocycles. The van der Waals surface area contributed by atoms with Gasteiger partial charge < -0.3 is 5.11 Å². The van der Waals surface area contributed by atoms with Crippen molar-refractivity contribution in [1.82, 2.24) is 0 Å². The van der Waals surface area contributed by atoms with Gasteiger partial charge in [-0.2, -0.15) is 0 Å². The first-order chi connectivity index (χ1) is 8.57. The predicted molar refractivity (Wildman–Crippen MR) is 68.7 cm³/mol. The Hall–Kier alpha value is -0.860. The van der Waals surface area contributed by atoms with Crippen LogP contribution in [0.1, 0.15) is 17.3 Å². The van der Waals surface area contributed by atoms with Crippen molar-refractivity contribution in [2.45, 2.75) is 17.5 Å². The Morgan fingerprint density at radius 2 is 1.89 bits per heavy atom. The largest absolute Gasteiger partial charge is 0.498 e. The van der Waals surface area contributed by atoms with Gasteiger partial charge in [-0.3, -0.25) is 0 Å². The number of rotatable bonds is 4. The molecule has 0 aliphatic rings. The van der Waals surface area contributed by atoms with E-state index in [0.717, 1.165) is 18.4 Å². The summed E-state index contributed by atoms with van der Waals surface area (Å²) in [6.45, 7) is 0. The van der Waals surface area contributed by atoms with Crippen molar-refractivity contribution >= 4 is 38.7 Å². The zero-order chi connectivity index (χ0) is 15.0. The predicted octanol–water partition coefficient (Wildman–Crippen LogP) is 3.25. The Morgan fingerprint density at radius 3 is 2.26 bits per heavy atom. The maximum Gasteiger partial charge on any atom is 0.273 e. The summed E-state index contributed by atoms with van der Waals surface area (Å²) in [5.74, 6) is 0. The summed E-state index contributed by atoms with van der Waals surface area (Å²) in [5.41, 5.74) is -1.17. The van der Waals surface area contributed by atoms with Crippen LogP contribution < -0.4 is 0 Å². The van der Waals surface area contributed by atoms with Gasteiger partial charge in [0, 0.05) is 17.4 Å². The molecule has 1 unspecified atom stereocenters. The molecular weight excluding hydrogens is 325 g/mol. The molecule has 0 aromatic heterocycles. The van der Waals surface area contributed by atoms with Crippen LogP contribution in [0.15, 0.2) is 17.0 Å². The van der Waals surface area contributed by atoms with Gasteiger partial charge in [0.25, 0.3) is 6.43 Å².